The van der Waals surface area contributed by atoms with Crippen LogP contribution in [0.15, 0.2) is 53.4 Å². The van der Waals surface area contributed by atoms with E-state index >= 15 is 0 Å². The molecule has 2 amide bonds. The number of amides is 2. The zero-order valence-electron chi connectivity index (χ0n) is 17.0. The minimum absolute atomic E-state index is 0.177. The monoisotopic (exact) mass is 438 g/mol. The van der Waals surface area contributed by atoms with Gasteiger partial charge in [-0.3, -0.25) is 9.59 Å². The Hall–Kier alpha value is -2.48. The molecule has 0 aliphatic carbocycles. The summed E-state index contributed by atoms with van der Waals surface area (Å²) in [6.07, 6.45) is -3.97. The van der Waals surface area contributed by atoms with Crippen LogP contribution in [0.25, 0.3) is 0 Å². The fraction of sp³-hybridized carbons (Fsp3) is 0.364. The summed E-state index contributed by atoms with van der Waals surface area (Å²) in [5.41, 5.74) is -0.491. The second-order valence-corrected chi connectivity index (χ2v) is 8.47. The van der Waals surface area contributed by atoms with Gasteiger partial charge < -0.3 is 10.6 Å². The Morgan fingerprint density at radius 2 is 1.77 bits per heavy atom. The number of alkyl halides is 3. The number of carbonyl (C=O) groups is 2. The van der Waals surface area contributed by atoms with Crippen molar-refractivity contribution in [2.45, 2.75) is 56.0 Å². The molecular weight excluding hydrogens is 413 g/mol. The Bertz CT molecular complexity index is 872. The smallest absolute Gasteiger partial charge is 0.349 e. The maximum absolute atomic E-state index is 13.6. The van der Waals surface area contributed by atoms with Crippen molar-refractivity contribution < 1.29 is 22.8 Å². The third-order valence-corrected chi connectivity index (χ3v) is 5.71. The third-order valence-electron chi connectivity index (χ3n) is 4.45. The van der Waals surface area contributed by atoms with Crippen molar-refractivity contribution in [1.82, 2.24) is 5.32 Å². The molecule has 162 valence electrons. The van der Waals surface area contributed by atoms with E-state index in [0.717, 1.165) is 12.5 Å². The van der Waals surface area contributed by atoms with Gasteiger partial charge in [-0.1, -0.05) is 44.2 Å². The van der Waals surface area contributed by atoms with Gasteiger partial charge in [-0.25, -0.2) is 0 Å². The van der Waals surface area contributed by atoms with Gasteiger partial charge in [0.05, 0.1) is 23.7 Å². The van der Waals surface area contributed by atoms with Crippen molar-refractivity contribution in [3.63, 3.8) is 0 Å². The van der Waals surface area contributed by atoms with E-state index in [1.807, 2.05) is 13.8 Å². The van der Waals surface area contributed by atoms with Gasteiger partial charge in [0.15, 0.2) is 0 Å². The van der Waals surface area contributed by atoms with E-state index in [9.17, 15) is 22.8 Å². The molecule has 0 aromatic heterocycles. The van der Waals surface area contributed by atoms with Crippen LogP contribution in [-0.2, 0) is 15.8 Å². The molecule has 0 aliphatic heterocycles. The Labute approximate surface area is 178 Å². The SMILES string of the molecule is CCC(C)Sc1ccc(NC(=O)CC(NC(C)=O)c2ccccc2)c(C(F)(F)F)c1. The highest BCUT2D eigenvalue weighted by atomic mass is 32.2. The van der Waals surface area contributed by atoms with Crippen LogP contribution >= 0.6 is 11.8 Å². The van der Waals surface area contributed by atoms with Gasteiger partial charge in [-0.2, -0.15) is 13.2 Å². The van der Waals surface area contributed by atoms with Crippen LogP contribution in [0.4, 0.5) is 18.9 Å². The lowest BCUT2D eigenvalue weighted by atomic mass is 10.0. The molecule has 2 aromatic rings. The number of halogens is 3. The Kier molecular flexibility index (Phi) is 8.34. The number of benzene rings is 2. The van der Waals surface area contributed by atoms with Gasteiger partial charge in [-0.05, 0) is 30.2 Å². The molecule has 4 nitrogen and oxygen atoms in total. The summed E-state index contributed by atoms with van der Waals surface area (Å²) >= 11 is 1.36. The van der Waals surface area contributed by atoms with Crippen LogP contribution in [0.1, 0.15) is 50.8 Å². The molecule has 2 unspecified atom stereocenters. The minimum atomic E-state index is -4.61. The first kappa shape index (κ1) is 23.8. The molecule has 0 spiro atoms. The maximum Gasteiger partial charge on any atom is 0.418 e. The number of hydrogen-bond donors (Lipinski definition) is 2. The average Bonchev–Trinajstić information content (AvgIpc) is 2.68. The first-order valence-corrected chi connectivity index (χ1v) is 10.5. The highest BCUT2D eigenvalue weighted by Gasteiger charge is 2.34. The number of hydrogen-bond acceptors (Lipinski definition) is 3. The van der Waals surface area contributed by atoms with Gasteiger partial charge in [0.25, 0.3) is 0 Å². The van der Waals surface area contributed by atoms with Crippen LogP contribution in [0.5, 0.6) is 0 Å². The van der Waals surface area contributed by atoms with Crippen molar-refractivity contribution >= 4 is 29.3 Å². The summed E-state index contributed by atoms with van der Waals surface area (Å²) < 4.78 is 40.7. The number of anilines is 1. The van der Waals surface area contributed by atoms with Crippen LogP contribution < -0.4 is 10.6 Å². The molecule has 2 aromatic carbocycles. The van der Waals surface area contributed by atoms with E-state index in [0.29, 0.717) is 10.5 Å². The molecule has 0 fully saturated rings. The van der Waals surface area contributed by atoms with Crippen LogP contribution in [-0.4, -0.2) is 17.1 Å². The normalized spacial score (nSPS) is 13.4. The Balaban J connectivity index is 2.22. The van der Waals surface area contributed by atoms with E-state index in [2.05, 4.69) is 10.6 Å². The molecule has 2 N–H and O–H groups in total. The van der Waals surface area contributed by atoms with E-state index in [-0.39, 0.29) is 23.3 Å². The van der Waals surface area contributed by atoms with Crippen molar-refractivity contribution in [3.8, 4) is 0 Å². The molecule has 30 heavy (non-hydrogen) atoms. The predicted molar refractivity (Wildman–Crippen MR) is 113 cm³/mol. The molecule has 0 aliphatic rings. The van der Waals surface area contributed by atoms with Gasteiger partial charge in [0.2, 0.25) is 11.8 Å². The maximum atomic E-state index is 13.6. The summed E-state index contributed by atoms with van der Waals surface area (Å²) in [5, 5.41) is 5.21. The average molecular weight is 439 g/mol. The van der Waals surface area contributed by atoms with Gasteiger partial charge in [-0.15, -0.1) is 11.8 Å². The molecule has 2 atom stereocenters. The van der Waals surface area contributed by atoms with E-state index in [1.54, 1.807) is 36.4 Å². The fourth-order valence-corrected chi connectivity index (χ4v) is 3.79. The molecule has 0 saturated heterocycles. The Morgan fingerprint density at radius 1 is 1.10 bits per heavy atom. The predicted octanol–water partition coefficient (Wildman–Crippen LogP) is 5.80. The molecule has 0 saturated carbocycles. The van der Waals surface area contributed by atoms with E-state index in [1.165, 1.54) is 24.8 Å². The highest BCUT2D eigenvalue weighted by molar-refractivity contribution is 7.99. The highest BCUT2D eigenvalue weighted by Crippen LogP contribution is 2.38. The topological polar surface area (TPSA) is 58.2 Å². The Morgan fingerprint density at radius 3 is 2.33 bits per heavy atom. The molecule has 0 heterocycles. The molecular formula is C22H25F3N2O2S. The second-order valence-electron chi connectivity index (χ2n) is 6.96. The van der Waals surface area contributed by atoms with Crippen LogP contribution in [0.2, 0.25) is 0 Å². The largest absolute Gasteiger partial charge is 0.418 e. The summed E-state index contributed by atoms with van der Waals surface area (Å²) in [5.74, 6) is -0.954. The van der Waals surface area contributed by atoms with E-state index < -0.39 is 23.7 Å². The fourth-order valence-electron chi connectivity index (χ4n) is 2.83. The van der Waals surface area contributed by atoms with Crippen LogP contribution in [0.3, 0.4) is 0 Å². The summed E-state index contributed by atoms with van der Waals surface area (Å²) in [6, 6.07) is 12.1. The molecule has 2 rings (SSSR count). The third kappa shape index (κ3) is 7.09. The zero-order valence-corrected chi connectivity index (χ0v) is 17.9. The molecule has 0 radical (unpaired) electrons. The number of nitrogens with one attached hydrogen (secondary N) is 2. The lowest BCUT2D eigenvalue weighted by molar-refractivity contribution is -0.137. The first-order chi connectivity index (χ1) is 14.1. The van der Waals surface area contributed by atoms with Crippen LogP contribution in [0, 0.1) is 0 Å². The van der Waals surface area contributed by atoms with Gasteiger partial charge in [0, 0.05) is 17.1 Å². The quantitative estimate of drug-likeness (QED) is 0.512. The van der Waals surface area contributed by atoms with E-state index in [4.69, 9.17) is 0 Å². The van der Waals surface area contributed by atoms with Crippen molar-refractivity contribution in [2.75, 3.05) is 5.32 Å². The number of thioether (sulfide) groups is 1. The lowest BCUT2D eigenvalue weighted by Crippen LogP contribution is -2.30. The van der Waals surface area contributed by atoms with Gasteiger partial charge in [0.1, 0.15) is 0 Å². The first-order valence-electron chi connectivity index (χ1n) is 9.60. The minimum Gasteiger partial charge on any atom is -0.349 e. The standard InChI is InChI=1S/C22H25F3N2O2S/c1-4-14(2)30-17-10-11-19(18(12-17)22(23,24)25)27-21(29)13-20(26-15(3)28)16-8-6-5-7-9-16/h5-12,14,20H,4,13H2,1-3H3,(H,26,28)(H,27,29). The van der Waals surface area contributed by atoms with Crippen molar-refractivity contribution in [2.24, 2.45) is 0 Å². The summed E-state index contributed by atoms with van der Waals surface area (Å²) in [4.78, 5) is 24.5. The molecule has 8 heteroatoms. The number of carbonyl (C=O) groups excluding carboxylic acids is 2. The zero-order chi connectivity index (χ0) is 22.3. The summed E-state index contributed by atoms with van der Waals surface area (Å²) in [6.45, 7) is 5.23. The second kappa shape index (κ2) is 10.5. The van der Waals surface area contributed by atoms with Crippen molar-refractivity contribution in [1.29, 1.82) is 0 Å². The lowest BCUT2D eigenvalue weighted by Gasteiger charge is -2.20. The van der Waals surface area contributed by atoms with Gasteiger partial charge >= 0.3 is 6.18 Å². The summed E-state index contributed by atoms with van der Waals surface area (Å²) in [7, 11) is 0. The molecule has 0 bridgehead atoms. The van der Waals surface area contributed by atoms with Crippen molar-refractivity contribution in [3.05, 3.63) is 59.7 Å². The number of rotatable bonds is 8.